The molecule has 1 aliphatic heterocycles. The van der Waals surface area contributed by atoms with Gasteiger partial charge in [0.15, 0.2) is 6.10 Å². The van der Waals surface area contributed by atoms with Gasteiger partial charge in [-0.3, -0.25) is 28.5 Å². The lowest BCUT2D eigenvalue weighted by Crippen LogP contribution is -2.57. The number of rotatable bonds is 15. The van der Waals surface area contributed by atoms with Crippen LogP contribution >= 0.6 is 7.82 Å². The van der Waals surface area contributed by atoms with Gasteiger partial charge in [-0.15, -0.1) is 0 Å². The zero-order valence-electron chi connectivity index (χ0n) is 43.9. The van der Waals surface area contributed by atoms with Gasteiger partial charge in [0.2, 0.25) is 23.6 Å². The van der Waals surface area contributed by atoms with E-state index in [4.69, 9.17) is 24.0 Å². The lowest BCUT2D eigenvalue weighted by atomic mass is 9.90. The fourth-order valence-corrected chi connectivity index (χ4v) is 8.02. The summed E-state index contributed by atoms with van der Waals surface area (Å²) < 4.78 is 33.2. The number of nitrogens with one attached hydrogen (secondary N) is 4. The molecule has 0 bridgehead atoms. The van der Waals surface area contributed by atoms with Crippen LogP contribution < -0.4 is 21.3 Å². The third-order valence-electron chi connectivity index (χ3n) is 12.4. The van der Waals surface area contributed by atoms with Crippen molar-refractivity contribution in [2.24, 2.45) is 17.8 Å². The number of hydrogen-bond acceptors (Lipinski definition) is 13. The summed E-state index contributed by atoms with van der Waals surface area (Å²) in [6.45, 7) is 16.1. The minimum absolute atomic E-state index is 0.0440. The van der Waals surface area contributed by atoms with Crippen molar-refractivity contribution in [1.82, 2.24) is 31.1 Å². The van der Waals surface area contributed by atoms with Gasteiger partial charge < -0.3 is 55.1 Å². The zero-order valence-corrected chi connectivity index (χ0v) is 44.8. The molecular weight excluding hydrogens is 956 g/mol. The Bertz CT molecular complexity index is 2110. The number of alkyl carbamates (subject to hydrolysis) is 1. The Kier molecular flexibility index (Phi) is 26.4. The summed E-state index contributed by atoms with van der Waals surface area (Å²) in [5.41, 5.74) is 1.31. The van der Waals surface area contributed by atoms with Crippen LogP contribution in [0.4, 0.5) is 4.79 Å². The van der Waals surface area contributed by atoms with Crippen LogP contribution in [0.3, 0.4) is 0 Å². The van der Waals surface area contributed by atoms with Crippen molar-refractivity contribution in [2.45, 2.75) is 157 Å². The highest BCUT2D eigenvalue weighted by Crippen LogP contribution is 2.35. The molecule has 1 aromatic carbocycles. The van der Waals surface area contributed by atoms with Crippen molar-refractivity contribution in [3.05, 3.63) is 59.2 Å². The van der Waals surface area contributed by atoms with Crippen LogP contribution in [-0.4, -0.2) is 143 Å². The molecule has 1 aliphatic rings. The van der Waals surface area contributed by atoms with Crippen LogP contribution in [0.25, 0.3) is 0 Å². The minimum atomic E-state index is -4.61. The van der Waals surface area contributed by atoms with Crippen molar-refractivity contribution in [3.8, 4) is 0 Å². The van der Waals surface area contributed by atoms with E-state index in [9.17, 15) is 42.9 Å². The fraction of sp³-hybridized carbons (Fsp3) is 0.640. The predicted octanol–water partition coefficient (Wildman–Crippen LogP) is 4.25. The first kappa shape index (κ1) is 62.5. The first-order chi connectivity index (χ1) is 33.7. The van der Waals surface area contributed by atoms with E-state index in [1.54, 1.807) is 64.1 Å². The molecule has 1 heterocycles. The van der Waals surface area contributed by atoms with E-state index in [-0.39, 0.29) is 43.9 Å². The van der Waals surface area contributed by atoms with Crippen molar-refractivity contribution in [2.75, 3.05) is 33.8 Å². The molecule has 0 aromatic heterocycles. The number of benzene rings is 1. The summed E-state index contributed by atoms with van der Waals surface area (Å²) in [6, 6.07) is 4.16. The van der Waals surface area contributed by atoms with Crippen LogP contribution in [0, 0.1) is 17.8 Å². The topological polar surface area (TPSA) is 286 Å². The quantitative estimate of drug-likeness (QED) is 0.0471. The second-order valence-electron chi connectivity index (χ2n) is 18.9. The molecule has 404 valence electrons. The number of amides is 6. The molecule has 72 heavy (non-hydrogen) atoms. The maximum atomic E-state index is 14.3. The van der Waals surface area contributed by atoms with Gasteiger partial charge in [0.1, 0.15) is 36.4 Å². The smallest absolute Gasteiger partial charge is 0.456 e. The van der Waals surface area contributed by atoms with Gasteiger partial charge in [-0.05, 0) is 83.3 Å². The number of unbranched alkanes of at least 4 members (excludes halogenated alkanes) is 2. The molecule has 0 spiro atoms. The van der Waals surface area contributed by atoms with Crippen molar-refractivity contribution >= 4 is 55.4 Å². The number of cyclic esters (lactones) is 2. The Labute approximate surface area is 424 Å². The first-order valence-corrected chi connectivity index (χ1v) is 26.0. The number of phosphoric ester groups is 1. The number of ether oxygens (including phenoxy) is 3. The fourth-order valence-electron chi connectivity index (χ4n) is 7.65. The number of carbonyl (C=O) groups excluding carboxylic acids is 8. The van der Waals surface area contributed by atoms with Gasteiger partial charge >= 0.3 is 25.9 Å². The minimum Gasteiger partial charge on any atom is -0.456 e. The predicted molar refractivity (Wildman–Crippen MR) is 267 cm³/mol. The molecule has 9 atom stereocenters. The van der Waals surface area contributed by atoms with Crippen LogP contribution in [0.15, 0.2) is 53.6 Å². The Morgan fingerprint density at radius 1 is 0.917 bits per heavy atom. The van der Waals surface area contributed by atoms with Gasteiger partial charge in [0.25, 0.3) is 5.91 Å². The van der Waals surface area contributed by atoms with Gasteiger partial charge in [-0.2, -0.15) is 0 Å². The molecule has 1 aromatic rings. The average Bonchev–Trinajstić information content (AvgIpc) is 3.32. The van der Waals surface area contributed by atoms with E-state index in [1.165, 1.54) is 45.8 Å². The summed E-state index contributed by atoms with van der Waals surface area (Å²) in [7, 11) is -1.81. The Hall–Kier alpha value is -5.63. The molecule has 2 unspecified atom stereocenters. The van der Waals surface area contributed by atoms with E-state index in [1.807, 2.05) is 20.8 Å². The largest absolute Gasteiger partial charge is 0.469 e. The second-order valence-corrected chi connectivity index (χ2v) is 20.1. The van der Waals surface area contributed by atoms with E-state index >= 15 is 0 Å². The van der Waals surface area contributed by atoms with Crippen LogP contribution in [0.1, 0.15) is 113 Å². The Morgan fingerprint density at radius 2 is 1.56 bits per heavy atom. The lowest BCUT2D eigenvalue weighted by molar-refractivity contribution is -0.155. The third-order valence-corrected chi connectivity index (χ3v) is 12.9. The molecule has 6 amide bonds. The number of phosphoric acid groups is 1. The third kappa shape index (κ3) is 21.2. The van der Waals surface area contributed by atoms with Gasteiger partial charge in [0.05, 0.1) is 13.2 Å². The SMILES string of the molecule is C/C=C(\C)[C@H]1OC(=O)[C@@H](C)NC(=O)C(C(C)CC)NC(=O)CN(C)C(=O)[C@@H](Cc2ccccc2)N(C)C(=O)[C@H](C)NC(=O)[C@@H](CC(C)C)OC(=O)/C(C)=C/C[C@H](OC(=O)NCCCCCOP(=O)(O)O)[C@@H]1C. The van der Waals surface area contributed by atoms with E-state index in [0.717, 1.165) is 4.90 Å². The van der Waals surface area contributed by atoms with E-state index in [2.05, 4.69) is 25.8 Å². The molecule has 6 N–H and O–H groups in total. The normalized spacial score (nSPS) is 25.8. The summed E-state index contributed by atoms with van der Waals surface area (Å²) in [5.74, 6) is -6.49. The van der Waals surface area contributed by atoms with Crippen molar-refractivity contribution < 1.29 is 71.4 Å². The number of nitrogens with zero attached hydrogens (tertiary/aromatic N) is 2. The molecule has 0 saturated carbocycles. The van der Waals surface area contributed by atoms with E-state index in [0.29, 0.717) is 36.8 Å². The standard InChI is InChI=1S/C50H79N6O15P/c1-13-31(5)42-45(59)53-36(10)49(63)71-43(32(6)14-2)34(8)39(70-50(64)51-25-19-16-20-26-68-72(65,66)67)24-23-33(7)48(62)69-40(27-30(3)4)44(58)52-35(9)46(60)56(12)38(28-37-21-17-15-18-22-37)47(61)55(11)29-41(57)54-42/h14-15,17-18,21-23,30-31,34-36,38-40,42-43H,13,16,19-20,24-29H2,1-12H3,(H,51,64)(H,52,58)(H,53,59)(H,54,57)(H2,65,66,67)/b32-14+,33-23+/t31?,34-,35-,36+,38+,39-,40+,42?,43+/m0/s1. The zero-order chi connectivity index (χ0) is 54.5. The Morgan fingerprint density at radius 3 is 2.15 bits per heavy atom. The molecular formula is C50H79N6O15P. The van der Waals surface area contributed by atoms with Crippen molar-refractivity contribution in [1.29, 1.82) is 0 Å². The summed E-state index contributed by atoms with van der Waals surface area (Å²) in [4.78, 5) is 131. The number of allylic oxidation sites excluding steroid dienone is 1. The van der Waals surface area contributed by atoms with Gasteiger partial charge in [0, 0.05) is 45.0 Å². The average molecular weight is 1040 g/mol. The van der Waals surface area contributed by atoms with Crippen LogP contribution in [-0.2, 0) is 63.3 Å². The number of carbonyl (C=O) groups is 8. The van der Waals surface area contributed by atoms with Gasteiger partial charge in [-0.1, -0.05) is 83.5 Å². The Balaban J connectivity index is 2.65. The summed E-state index contributed by atoms with van der Waals surface area (Å²) in [5, 5.41) is 10.7. The summed E-state index contributed by atoms with van der Waals surface area (Å²) in [6.07, 6.45) is 0.491. The second kappa shape index (κ2) is 30.4. The first-order valence-electron chi connectivity index (χ1n) is 24.5. The maximum absolute atomic E-state index is 14.3. The molecule has 2 rings (SSSR count). The number of hydrogen-bond donors (Lipinski definition) is 6. The van der Waals surface area contributed by atoms with Crippen LogP contribution in [0.5, 0.6) is 0 Å². The molecule has 22 heteroatoms. The molecule has 0 fully saturated rings. The monoisotopic (exact) mass is 1030 g/mol. The van der Waals surface area contributed by atoms with Crippen LogP contribution in [0.2, 0.25) is 0 Å². The molecule has 0 saturated heterocycles. The van der Waals surface area contributed by atoms with E-state index < -0.39 is 116 Å². The highest BCUT2D eigenvalue weighted by Gasteiger charge is 2.37. The highest BCUT2D eigenvalue weighted by molar-refractivity contribution is 7.46. The molecule has 21 nitrogen and oxygen atoms in total. The number of likely N-dealkylation sites (N-methyl/N-ethyl adjacent to an activating group) is 2. The highest BCUT2D eigenvalue weighted by atomic mass is 31.2. The van der Waals surface area contributed by atoms with Gasteiger partial charge in [-0.25, -0.2) is 18.9 Å². The van der Waals surface area contributed by atoms with Crippen molar-refractivity contribution in [3.63, 3.8) is 0 Å². The molecule has 0 aliphatic carbocycles. The molecule has 0 radical (unpaired) electrons. The summed E-state index contributed by atoms with van der Waals surface area (Å²) >= 11 is 0. The maximum Gasteiger partial charge on any atom is 0.469 e. The number of esters is 2. The lowest BCUT2D eigenvalue weighted by Gasteiger charge is -2.33.